The molecule has 1 aromatic carbocycles. The van der Waals surface area contributed by atoms with Crippen LogP contribution in [-0.2, 0) is 9.53 Å². The van der Waals surface area contributed by atoms with Crippen LogP contribution in [0, 0.1) is 0 Å². The lowest BCUT2D eigenvalue weighted by Gasteiger charge is -2.38. The number of ether oxygens (including phenoxy) is 1. The summed E-state index contributed by atoms with van der Waals surface area (Å²) in [5.41, 5.74) is 2.13. The molecule has 5 rings (SSSR count). The van der Waals surface area contributed by atoms with Gasteiger partial charge < -0.3 is 15.4 Å². The summed E-state index contributed by atoms with van der Waals surface area (Å²) in [5.74, 6) is 1.04. The maximum atomic E-state index is 11.6. The summed E-state index contributed by atoms with van der Waals surface area (Å²) in [5, 5.41) is 7.38. The number of halogens is 1. The quantitative estimate of drug-likeness (QED) is 0.562. The van der Waals surface area contributed by atoms with Crippen LogP contribution in [0.25, 0.3) is 11.0 Å². The van der Waals surface area contributed by atoms with Gasteiger partial charge in [0.25, 0.3) is 0 Å². The summed E-state index contributed by atoms with van der Waals surface area (Å²) in [6.45, 7) is 1.72. The number of nitrogens with one attached hydrogen (secondary N) is 2. The zero-order chi connectivity index (χ0) is 21.9. The van der Waals surface area contributed by atoms with Crippen molar-refractivity contribution in [1.29, 1.82) is 0 Å². The fraction of sp³-hybridized carbons (Fsp3) is 0.409. The summed E-state index contributed by atoms with van der Waals surface area (Å²) in [6.07, 6.45) is 7.25. The van der Waals surface area contributed by atoms with E-state index in [1.807, 2.05) is 24.3 Å². The monoisotopic (exact) mass is 453 g/mol. The number of benzene rings is 1. The minimum absolute atomic E-state index is 0.120. The number of nitrogens with zero attached hydrogens (tertiary/aromatic N) is 5. The molecule has 3 heterocycles. The Kier molecular flexibility index (Phi) is 6.00. The van der Waals surface area contributed by atoms with E-state index >= 15 is 0 Å². The minimum Gasteiger partial charge on any atom is -0.463 e. The molecule has 0 spiro atoms. The van der Waals surface area contributed by atoms with Gasteiger partial charge in [-0.2, -0.15) is 0 Å². The lowest BCUT2D eigenvalue weighted by Crippen LogP contribution is -2.48. The first kappa shape index (κ1) is 20.8. The van der Waals surface area contributed by atoms with Gasteiger partial charge >= 0.3 is 5.97 Å². The summed E-state index contributed by atoms with van der Waals surface area (Å²) < 4.78 is 5.06. The molecule has 0 radical (unpaired) electrons. The Morgan fingerprint density at radius 2 is 2.00 bits per heavy atom. The molecule has 1 aliphatic heterocycles. The highest BCUT2D eigenvalue weighted by molar-refractivity contribution is 6.30. The number of carbonyl (C=O) groups excluding carboxylic acids is 1. The Bertz CT molecular complexity index is 1120. The zero-order valence-corrected chi connectivity index (χ0v) is 18.3. The van der Waals surface area contributed by atoms with E-state index in [4.69, 9.17) is 21.3 Å². The maximum absolute atomic E-state index is 11.6. The van der Waals surface area contributed by atoms with Crippen LogP contribution < -0.4 is 10.6 Å². The van der Waals surface area contributed by atoms with Gasteiger partial charge in [0, 0.05) is 29.3 Å². The Labute approximate surface area is 190 Å². The van der Waals surface area contributed by atoms with Crippen molar-refractivity contribution in [3.8, 4) is 0 Å². The van der Waals surface area contributed by atoms with Gasteiger partial charge in [0.15, 0.2) is 5.82 Å². The second-order valence-corrected chi connectivity index (χ2v) is 8.56. The highest BCUT2D eigenvalue weighted by Crippen LogP contribution is 2.27. The summed E-state index contributed by atoms with van der Waals surface area (Å²) in [6, 6.07) is 8.16. The predicted octanol–water partition coefficient (Wildman–Crippen LogP) is 3.40. The topological polar surface area (TPSA) is 105 Å². The molecule has 3 aromatic rings. The molecular weight excluding hydrogens is 430 g/mol. The van der Waals surface area contributed by atoms with E-state index in [-0.39, 0.29) is 12.0 Å². The molecule has 0 unspecified atom stereocenters. The number of esters is 1. The average Bonchev–Trinajstić information content (AvgIpc) is 2.80. The smallest absolute Gasteiger partial charge is 0.320 e. The molecule has 10 heteroatoms. The van der Waals surface area contributed by atoms with Crippen molar-refractivity contribution < 1.29 is 9.53 Å². The summed E-state index contributed by atoms with van der Waals surface area (Å²) >= 11 is 6.10. The van der Waals surface area contributed by atoms with Crippen LogP contribution in [-0.4, -0.2) is 62.6 Å². The van der Waals surface area contributed by atoms with Crippen LogP contribution in [0.3, 0.4) is 0 Å². The van der Waals surface area contributed by atoms with Crippen molar-refractivity contribution in [1.82, 2.24) is 24.8 Å². The third-order valence-electron chi connectivity index (χ3n) is 5.98. The number of fused-ring (bicyclic) bond motifs is 1. The van der Waals surface area contributed by atoms with Crippen molar-refractivity contribution >= 4 is 46.1 Å². The molecule has 1 saturated heterocycles. The van der Waals surface area contributed by atoms with Gasteiger partial charge in [0.1, 0.15) is 24.0 Å². The number of anilines is 3. The molecule has 0 amide bonds. The molecule has 1 saturated carbocycles. The van der Waals surface area contributed by atoms with E-state index in [1.165, 1.54) is 6.33 Å². The SMILES string of the molecule is O=C1CN(C2CCC(Nc3ncc4ncnc(Nc5cccc(Cl)c5)c4n3)CC2)CCO1. The predicted molar refractivity (Wildman–Crippen MR) is 122 cm³/mol. The van der Waals surface area contributed by atoms with Gasteiger partial charge in [0.2, 0.25) is 5.95 Å². The number of hydrogen-bond acceptors (Lipinski definition) is 9. The van der Waals surface area contributed by atoms with E-state index in [0.717, 1.165) is 37.9 Å². The lowest BCUT2D eigenvalue weighted by molar-refractivity contribution is -0.152. The highest BCUT2D eigenvalue weighted by atomic mass is 35.5. The van der Waals surface area contributed by atoms with Gasteiger partial charge in [-0.05, 0) is 43.9 Å². The molecule has 0 bridgehead atoms. The summed E-state index contributed by atoms with van der Waals surface area (Å²) in [4.78, 5) is 31.6. The molecule has 166 valence electrons. The van der Waals surface area contributed by atoms with Crippen molar-refractivity contribution in [2.45, 2.75) is 37.8 Å². The van der Waals surface area contributed by atoms with Gasteiger partial charge in [0.05, 0.1) is 12.7 Å². The first-order chi connectivity index (χ1) is 15.6. The van der Waals surface area contributed by atoms with E-state index < -0.39 is 0 Å². The van der Waals surface area contributed by atoms with Crippen LogP contribution in [0.4, 0.5) is 17.5 Å². The number of cyclic esters (lactones) is 1. The van der Waals surface area contributed by atoms with Crippen LogP contribution in [0.1, 0.15) is 25.7 Å². The molecular formula is C22H24ClN7O2. The van der Waals surface area contributed by atoms with E-state index in [1.54, 1.807) is 6.20 Å². The number of carbonyl (C=O) groups is 1. The standard InChI is InChI=1S/C22H24ClN7O2/c23-14-2-1-3-16(10-14)27-21-20-18(25-13-26-21)11-24-22(29-20)28-15-4-6-17(7-5-15)30-8-9-32-19(31)12-30/h1-3,10-11,13,15,17H,4-9,12H2,(H,24,28,29)(H,25,26,27). The van der Waals surface area contributed by atoms with Crippen LogP contribution in [0.5, 0.6) is 0 Å². The van der Waals surface area contributed by atoms with Gasteiger partial charge in [-0.15, -0.1) is 0 Å². The summed E-state index contributed by atoms with van der Waals surface area (Å²) in [7, 11) is 0. The molecule has 1 aliphatic carbocycles. The third kappa shape index (κ3) is 4.73. The normalized spacial score (nSPS) is 21.8. The molecule has 32 heavy (non-hydrogen) atoms. The molecule has 2 N–H and O–H groups in total. The van der Waals surface area contributed by atoms with Crippen molar-refractivity contribution in [2.24, 2.45) is 0 Å². The van der Waals surface area contributed by atoms with Crippen LogP contribution in [0.15, 0.2) is 36.8 Å². The van der Waals surface area contributed by atoms with Crippen LogP contribution >= 0.6 is 11.6 Å². The fourth-order valence-corrected chi connectivity index (χ4v) is 4.56. The molecule has 9 nitrogen and oxygen atoms in total. The number of rotatable bonds is 5. The zero-order valence-electron chi connectivity index (χ0n) is 17.5. The largest absolute Gasteiger partial charge is 0.463 e. The Balaban J connectivity index is 1.26. The minimum atomic E-state index is -0.120. The number of aromatic nitrogens is 4. The number of morpholine rings is 1. The number of hydrogen-bond donors (Lipinski definition) is 2. The van der Waals surface area contributed by atoms with Gasteiger partial charge in [-0.1, -0.05) is 17.7 Å². The van der Waals surface area contributed by atoms with Crippen molar-refractivity contribution in [2.75, 3.05) is 30.3 Å². The maximum Gasteiger partial charge on any atom is 0.320 e. The average molecular weight is 454 g/mol. The molecule has 2 aromatic heterocycles. The Morgan fingerprint density at radius 3 is 2.81 bits per heavy atom. The second kappa shape index (κ2) is 9.22. The lowest BCUT2D eigenvalue weighted by atomic mass is 9.90. The van der Waals surface area contributed by atoms with E-state index in [2.05, 4.69) is 30.5 Å². The van der Waals surface area contributed by atoms with Gasteiger partial charge in [-0.25, -0.2) is 19.9 Å². The van der Waals surface area contributed by atoms with Gasteiger partial charge in [-0.3, -0.25) is 9.69 Å². The van der Waals surface area contributed by atoms with Crippen molar-refractivity contribution in [3.63, 3.8) is 0 Å². The van der Waals surface area contributed by atoms with Crippen molar-refractivity contribution in [3.05, 3.63) is 41.8 Å². The Morgan fingerprint density at radius 1 is 1.12 bits per heavy atom. The molecule has 2 aliphatic rings. The highest BCUT2D eigenvalue weighted by Gasteiger charge is 2.29. The molecule has 0 atom stereocenters. The van der Waals surface area contributed by atoms with Crippen LogP contribution in [0.2, 0.25) is 5.02 Å². The molecule has 2 fully saturated rings. The van der Waals surface area contributed by atoms with E-state index in [9.17, 15) is 4.79 Å². The first-order valence-corrected chi connectivity index (χ1v) is 11.2. The third-order valence-corrected chi connectivity index (χ3v) is 6.22. The first-order valence-electron chi connectivity index (χ1n) is 10.8. The van der Waals surface area contributed by atoms with E-state index in [0.29, 0.717) is 47.0 Å². The second-order valence-electron chi connectivity index (χ2n) is 8.13. The Hall–Kier alpha value is -3.04. The fourth-order valence-electron chi connectivity index (χ4n) is 4.36.